The molecule has 2 aromatic heterocycles. The lowest BCUT2D eigenvalue weighted by Crippen LogP contribution is -2.23. The van der Waals surface area contributed by atoms with Gasteiger partial charge in [-0.3, -0.25) is 4.79 Å². The third kappa shape index (κ3) is 3.18. The van der Waals surface area contributed by atoms with Crippen LogP contribution < -0.4 is 10.0 Å². The van der Waals surface area contributed by atoms with E-state index in [0.717, 1.165) is 4.88 Å². The van der Waals surface area contributed by atoms with Crippen LogP contribution in [0.15, 0.2) is 45.0 Å². The zero-order valence-corrected chi connectivity index (χ0v) is 14.4. The summed E-state index contributed by atoms with van der Waals surface area (Å²) in [6.45, 7) is -0.116. The highest BCUT2D eigenvalue weighted by molar-refractivity contribution is 7.89. The van der Waals surface area contributed by atoms with Gasteiger partial charge in [0.25, 0.3) is 5.89 Å². The number of amides is 1. The number of anilines is 1. The normalized spacial score (nSPS) is 13.7. The Hall–Kier alpha value is -2.56. The van der Waals surface area contributed by atoms with E-state index in [1.165, 1.54) is 23.5 Å². The molecule has 1 aromatic carbocycles. The van der Waals surface area contributed by atoms with Crippen LogP contribution in [0.5, 0.6) is 0 Å². The smallest absolute Gasteiger partial charge is 0.257 e. The summed E-state index contributed by atoms with van der Waals surface area (Å²) >= 11 is 1.45. The van der Waals surface area contributed by atoms with Gasteiger partial charge >= 0.3 is 0 Å². The second kappa shape index (κ2) is 6.06. The van der Waals surface area contributed by atoms with Crippen LogP contribution in [0.3, 0.4) is 0 Å². The van der Waals surface area contributed by atoms with Crippen molar-refractivity contribution in [3.63, 3.8) is 0 Å². The maximum atomic E-state index is 12.4. The Kier molecular flexibility index (Phi) is 3.86. The minimum absolute atomic E-state index is 0.0840. The van der Waals surface area contributed by atoms with E-state index in [9.17, 15) is 13.2 Å². The van der Waals surface area contributed by atoms with Crippen molar-refractivity contribution in [3.8, 4) is 10.8 Å². The molecule has 1 aliphatic heterocycles. The van der Waals surface area contributed by atoms with Crippen molar-refractivity contribution in [1.82, 2.24) is 14.9 Å². The van der Waals surface area contributed by atoms with Gasteiger partial charge in [-0.05, 0) is 35.2 Å². The molecule has 1 aliphatic rings. The predicted molar refractivity (Wildman–Crippen MR) is 90.4 cm³/mol. The second-order valence-electron chi connectivity index (χ2n) is 5.35. The third-order valence-electron chi connectivity index (χ3n) is 3.62. The number of thiophene rings is 1. The number of benzene rings is 1. The first-order valence-corrected chi connectivity index (χ1v) is 9.66. The van der Waals surface area contributed by atoms with Gasteiger partial charge in [0.1, 0.15) is 0 Å². The zero-order valence-electron chi connectivity index (χ0n) is 12.7. The molecule has 0 saturated heterocycles. The average molecular weight is 376 g/mol. The molecule has 0 atom stereocenters. The summed E-state index contributed by atoms with van der Waals surface area (Å²) in [4.78, 5) is 12.3. The maximum absolute atomic E-state index is 12.4. The molecule has 8 nitrogen and oxygen atoms in total. The Balaban J connectivity index is 1.49. The van der Waals surface area contributed by atoms with Crippen molar-refractivity contribution in [3.05, 3.63) is 47.2 Å². The minimum Gasteiger partial charge on any atom is -0.418 e. The lowest BCUT2D eigenvalue weighted by atomic mass is 10.2. The Morgan fingerprint density at radius 2 is 2.16 bits per heavy atom. The summed E-state index contributed by atoms with van der Waals surface area (Å²) in [5, 5.41) is 12.3. The van der Waals surface area contributed by atoms with Crippen molar-refractivity contribution in [2.24, 2.45) is 0 Å². The van der Waals surface area contributed by atoms with Gasteiger partial charge in [-0.2, -0.15) is 0 Å². The Morgan fingerprint density at radius 3 is 2.96 bits per heavy atom. The summed E-state index contributed by atoms with van der Waals surface area (Å²) in [6, 6.07) is 8.21. The van der Waals surface area contributed by atoms with Crippen LogP contribution in [0.1, 0.15) is 11.5 Å². The fourth-order valence-electron chi connectivity index (χ4n) is 2.44. The SMILES string of the molecule is O=C1Cc2cc(S(=O)(=O)NCc3nnc(-c4cccs4)o3)ccc2N1. The summed E-state index contributed by atoms with van der Waals surface area (Å²) in [6.07, 6.45) is 0.173. The number of nitrogens with one attached hydrogen (secondary N) is 2. The van der Waals surface area contributed by atoms with Crippen LogP contribution >= 0.6 is 11.3 Å². The topological polar surface area (TPSA) is 114 Å². The molecule has 0 unspecified atom stereocenters. The van der Waals surface area contributed by atoms with Crippen molar-refractivity contribution in [2.75, 3.05) is 5.32 Å². The standard InChI is InChI=1S/C15H12N4O4S2/c20-13-7-9-6-10(3-4-11(9)17-13)25(21,22)16-8-14-18-19-15(23-14)12-2-1-5-24-12/h1-6,16H,7-8H2,(H,17,20). The number of hydrogen-bond acceptors (Lipinski definition) is 7. The molecule has 10 heteroatoms. The van der Waals surface area contributed by atoms with Gasteiger partial charge in [-0.25, -0.2) is 13.1 Å². The number of sulfonamides is 1. The quantitative estimate of drug-likeness (QED) is 0.701. The molecular weight excluding hydrogens is 364 g/mol. The molecule has 0 bridgehead atoms. The van der Waals surface area contributed by atoms with Crippen LogP contribution in [0.25, 0.3) is 10.8 Å². The van der Waals surface area contributed by atoms with Crippen LogP contribution in [-0.2, 0) is 27.8 Å². The van der Waals surface area contributed by atoms with Crippen molar-refractivity contribution in [1.29, 1.82) is 0 Å². The average Bonchev–Trinajstić information content (AvgIpc) is 3.31. The van der Waals surface area contributed by atoms with E-state index in [4.69, 9.17) is 4.42 Å². The first-order chi connectivity index (χ1) is 12.0. The van der Waals surface area contributed by atoms with Crippen LogP contribution in [0.2, 0.25) is 0 Å². The van der Waals surface area contributed by atoms with Gasteiger partial charge < -0.3 is 9.73 Å². The molecule has 3 heterocycles. The van der Waals surface area contributed by atoms with Gasteiger partial charge in [0.05, 0.1) is 22.7 Å². The zero-order chi connectivity index (χ0) is 17.4. The van der Waals surface area contributed by atoms with E-state index in [-0.39, 0.29) is 29.7 Å². The van der Waals surface area contributed by atoms with E-state index < -0.39 is 10.0 Å². The Bertz CT molecular complexity index is 1040. The van der Waals surface area contributed by atoms with Crippen molar-refractivity contribution in [2.45, 2.75) is 17.9 Å². The molecule has 1 amide bonds. The number of fused-ring (bicyclic) bond motifs is 1. The third-order valence-corrected chi connectivity index (χ3v) is 5.88. The number of rotatable bonds is 5. The Labute approximate surface area is 146 Å². The monoisotopic (exact) mass is 376 g/mol. The minimum atomic E-state index is -3.76. The molecule has 0 radical (unpaired) electrons. The molecule has 128 valence electrons. The van der Waals surface area contributed by atoms with Crippen LogP contribution in [-0.4, -0.2) is 24.5 Å². The summed E-state index contributed by atoms with van der Waals surface area (Å²) in [5.41, 5.74) is 1.30. The lowest BCUT2D eigenvalue weighted by Gasteiger charge is -2.06. The number of nitrogens with zero attached hydrogens (tertiary/aromatic N) is 2. The molecule has 3 aromatic rings. The van der Waals surface area contributed by atoms with Gasteiger partial charge in [-0.1, -0.05) is 6.07 Å². The fraction of sp³-hybridized carbons (Fsp3) is 0.133. The summed E-state index contributed by atoms with van der Waals surface area (Å²) in [7, 11) is -3.76. The van der Waals surface area contributed by atoms with E-state index >= 15 is 0 Å². The van der Waals surface area contributed by atoms with E-state index in [2.05, 4.69) is 20.2 Å². The largest absolute Gasteiger partial charge is 0.418 e. The second-order valence-corrected chi connectivity index (χ2v) is 8.06. The first-order valence-electron chi connectivity index (χ1n) is 7.30. The van der Waals surface area contributed by atoms with E-state index in [0.29, 0.717) is 17.1 Å². The summed E-state index contributed by atoms with van der Waals surface area (Å²) < 4.78 is 32.7. The first kappa shape index (κ1) is 15.9. The molecule has 2 N–H and O–H groups in total. The van der Waals surface area contributed by atoms with Crippen molar-refractivity contribution < 1.29 is 17.6 Å². The van der Waals surface area contributed by atoms with Crippen LogP contribution in [0.4, 0.5) is 5.69 Å². The lowest BCUT2D eigenvalue weighted by molar-refractivity contribution is -0.115. The van der Waals surface area contributed by atoms with E-state index in [1.54, 1.807) is 6.07 Å². The molecule has 25 heavy (non-hydrogen) atoms. The Morgan fingerprint density at radius 1 is 1.28 bits per heavy atom. The molecule has 4 rings (SSSR count). The number of aromatic nitrogens is 2. The highest BCUT2D eigenvalue weighted by Crippen LogP contribution is 2.26. The van der Waals surface area contributed by atoms with E-state index in [1.807, 2.05) is 17.5 Å². The maximum Gasteiger partial charge on any atom is 0.257 e. The number of carbonyl (C=O) groups is 1. The predicted octanol–water partition coefficient (Wildman–Crippen LogP) is 1.77. The molecule has 0 spiro atoms. The number of hydrogen-bond donors (Lipinski definition) is 2. The van der Waals surface area contributed by atoms with Gasteiger partial charge in [0, 0.05) is 5.69 Å². The molecule has 0 aliphatic carbocycles. The van der Waals surface area contributed by atoms with Crippen LogP contribution in [0, 0.1) is 0 Å². The molecule has 0 fully saturated rings. The van der Waals surface area contributed by atoms with Gasteiger partial charge in [0.15, 0.2) is 0 Å². The van der Waals surface area contributed by atoms with Gasteiger partial charge in [0.2, 0.25) is 21.8 Å². The van der Waals surface area contributed by atoms with Crippen molar-refractivity contribution >= 4 is 33.0 Å². The van der Waals surface area contributed by atoms with Gasteiger partial charge in [-0.15, -0.1) is 21.5 Å². The summed E-state index contributed by atoms with van der Waals surface area (Å²) in [5.74, 6) is 0.376. The number of carbonyl (C=O) groups excluding carboxylic acids is 1. The molecular formula is C15H12N4O4S2. The highest BCUT2D eigenvalue weighted by atomic mass is 32.2. The highest BCUT2D eigenvalue weighted by Gasteiger charge is 2.22. The fourth-order valence-corrected chi connectivity index (χ4v) is 4.11. The molecule has 0 saturated carbocycles.